The van der Waals surface area contributed by atoms with Crippen LogP contribution in [0.25, 0.3) is 0 Å². The Labute approximate surface area is 289 Å². The number of allylic oxidation sites excluding steroid dienone is 4. The van der Waals surface area contributed by atoms with Crippen LogP contribution < -0.4 is 10.6 Å². The Bertz CT molecular complexity index is 1790. The second-order valence-corrected chi connectivity index (χ2v) is 15.5. The predicted octanol–water partition coefficient (Wildman–Crippen LogP) is 8.99. The van der Waals surface area contributed by atoms with Crippen molar-refractivity contribution in [2.45, 2.75) is 102 Å². The lowest BCUT2D eigenvalue weighted by molar-refractivity contribution is -0.362. The number of carbonyl (C=O) groups is 2. The Kier molecular flexibility index (Phi) is 9.08. The molecule has 50 heavy (non-hydrogen) atoms. The van der Waals surface area contributed by atoms with Crippen molar-refractivity contribution in [3.63, 3.8) is 0 Å². The third-order valence-electron chi connectivity index (χ3n) is 11.7. The highest BCUT2D eigenvalue weighted by molar-refractivity contribution is 5.93. The van der Waals surface area contributed by atoms with Gasteiger partial charge in [-0.1, -0.05) is 69.4 Å². The molecular formula is C40H43F5N2O3. The van der Waals surface area contributed by atoms with Crippen LogP contribution >= 0.6 is 0 Å². The highest BCUT2D eigenvalue weighted by atomic mass is 19.4. The normalized spacial score (nSPS) is 28.1. The monoisotopic (exact) mass is 694 g/mol. The van der Waals surface area contributed by atoms with E-state index in [0.29, 0.717) is 36.9 Å². The van der Waals surface area contributed by atoms with Crippen LogP contribution in [0.5, 0.6) is 0 Å². The average molecular weight is 695 g/mol. The van der Waals surface area contributed by atoms with Gasteiger partial charge in [-0.2, -0.15) is 22.0 Å². The van der Waals surface area contributed by atoms with Crippen molar-refractivity contribution in [2.24, 2.45) is 17.3 Å². The Hall–Kier alpha value is -3.97. The largest absolute Gasteiger partial charge is 0.456 e. The van der Waals surface area contributed by atoms with Gasteiger partial charge in [0.15, 0.2) is 5.78 Å². The van der Waals surface area contributed by atoms with Gasteiger partial charge in [-0.3, -0.25) is 4.79 Å². The van der Waals surface area contributed by atoms with Gasteiger partial charge in [0.05, 0.1) is 6.54 Å². The molecule has 2 aromatic rings. The molecule has 10 heteroatoms. The molecule has 0 saturated heterocycles. The molecule has 5 atom stereocenters. The zero-order valence-electron chi connectivity index (χ0n) is 28.7. The van der Waals surface area contributed by atoms with E-state index < -0.39 is 47.4 Å². The zero-order valence-corrected chi connectivity index (χ0v) is 28.7. The Balaban J connectivity index is 1.23. The van der Waals surface area contributed by atoms with E-state index in [9.17, 15) is 27.9 Å². The minimum Gasteiger partial charge on any atom is -0.383 e. The van der Waals surface area contributed by atoms with Gasteiger partial charge in [-0.25, -0.2) is 4.79 Å². The van der Waals surface area contributed by atoms with Gasteiger partial charge in [-0.05, 0) is 108 Å². The quantitative estimate of drug-likeness (QED) is 0.221. The van der Waals surface area contributed by atoms with Gasteiger partial charge in [0.2, 0.25) is 0 Å². The number of fused-ring (bicyclic) bond motifs is 4. The van der Waals surface area contributed by atoms with Crippen molar-refractivity contribution in [1.82, 2.24) is 5.32 Å². The smallest absolute Gasteiger partial charge is 0.383 e. The minimum absolute atomic E-state index is 0.00409. The molecule has 0 aliphatic heterocycles. The van der Waals surface area contributed by atoms with E-state index in [-0.39, 0.29) is 36.5 Å². The number of rotatable bonds is 4. The highest BCUT2D eigenvalue weighted by Gasteiger charge is 2.79. The van der Waals surface area contributed by atoms with Crippen LogP contribution in [-0.4, -0.2) is 41.2 Å². The van der Waals surface area contributed by atoms with Gasteiger partial charge in [-0.15, -0.1) is 0 Å². The molecule has 4 aliphatic carbocycles. The van der Waals surface area contributed by atoms with E-state index in [1.54, 1.807) is 18.2 Å². The molecule has 4 aliphatic rings. The van der Waals surface area contributed by atoms with Crippen LogP contribution in [0.4, 0.5) is 32.4 Å². The number of urea groups is 1. The molecule has 0 spiro atoms. The van der Waals surface area contributed by atoms with Crippen LogP contribution in [0.1, 0.15) is 95.2 Å². The maximum absolute atomic E-state index is 15.2. The first kappa shape index (κ1) is 35.8. The number of ketones is 1. The number of amides is 2. The molecule has 266 valence electrons. The highest BCUT2D eigenvalue weighted by Crippen LogP contribution is 2.70. The number of alkyl halides is 5. The number of aliphatic hydroxyl groups is 1. The molecule has 3 N–H and O–H groups in total. The van der Waals surface area contributed by atoms with Crippen LogP contribution in [-0.2, 0) is 10.2 Å². The summed E-state index contributed by atoms with van der Waals surface area (Å²) in [5, 5.41) is 16.9. The standard InChI is InChI=1S/C40H43F5N2O3/c1-36(2,3)27-12-14-28(15-13-27)47-35(49)46-21-5-6-24-7-9-25(10-8-24)32-23-37(4)33(19-20-38(37,50)39(41,42)40(43,44)45)31-17-11-26-22-29(48)16-18-30(26)34(31)32/h7-10,12-15,22,31-33,50H,11,16-21,23H2,1-4H3,(H2,46,47,49). The SMILES string of the molecule is CC(C)(C)c1ccc(NC(=O)NCC#Cc2ccc(C3CC4(C)C(CCC4(O)C(F)(F)C(F)(F)F)C4CCC5=CC(=O)CCC5=C34)cc2)cc1. The number of hydrogen-bond acceptors (Lipinski definition) is 3. The first-order chi connectivity index (χ1) is 23.4. The van der Waals surface area contributed by atoms with E-state index in [0.717, 1.165) is 27.8 Å². The second kappa shape index (κ2) is 12.7. The summed E-state index contributed by atoms with van der Waals surface area (Å²) in [5.41, 5.74) is 1.16. The van der Waals surface area contributed by atoms with Gasteiger partial charge in [0.1, 0.15) is 5.60 Å². The summed E-state index contributed by atoms with van der Waals surface area (Å²) in [7, 11) is 0. The van der Waals surface area contributed by atoms with Crippen molar-refractivity contribution in [2.75, 3.05) is 11.9 Å². The van der Waals surface area contributed by atoms with E-state index in [1.165, 1.54) is 6.92 Å². The van der Waals surface area contributed by atoms with Crippen molar-refractivity contribution in [1.29, 1.82) is 0 Å². The molecule has 0 bridgehead atoms. The van der Waals surface area contributed by atoms with E-state index in [2.05, 4.69) is 43.2 Å². The summed E-state index contributed by atoms with van der Waals surface area (Å²) in [6.45, 7) is 7.82. The summed E-state index contributed by atoms with van der Waals surface area (Å²) in [6, 6.07) is 14.4. The summed E-state index contributed by atoms with van der Waals surface area (Å²) in [4.78, 5) is 24.7. The molecule has 6 rings (SSSR count). The third kappa shape index (κ3) is 6.16. The first-order valence-corrected chi connectivity index (χ1v) is 17.2. The van der Waals surface area contributed by atoms with Crippen LogP contribution in [0.15, 0.2) is 71.3 Å². The van der Waals surface area contributed by atoms with Gasteiger partial charge < -0.3 is 15.7 Å². The Morgan fingerprint density at radius 3 is 2.28 bits per heavy atom. The maximum atomic E-state index is 15.2. The fourth-order valence-corrected chi connectivity index (χ4v) is 9.01. The van der Waals surface area contributed by atoms with Crippen molar-refractivity contribution >= 4 is 17.5 Å². The number of benzene rings is 2. The van der Waals surface area contributed by atoms with Crippen LogP contribution in [0, 0.1) is 29.1 Å². The van der Waals surface area contributed by atoms with E-state index in [1.807, 2.05) is 36.4 Å². The lowest BCUT2D eigenvalue weighted by Crippen LogP contribution is -2.65. The number of anilines is 1. The Morgan fingerprint density at radius 1 is 0.960 bits per heavy atom. The van der Waals surface area contributed by atoms with Crippen molar-refractivity contribution < 1.29 is 36.6 Å². The lowest BCUT2D eigenvalue weighted by atomic mass is 9.50. The van der Waals surface area contributed by atoms with Crippen LogP contribution in [0.3, 0.4) is 0 Å². The first-order valence-electron chi connectivity index (χ1n) is 17.2. The average Bonchev–Trinajstić information content (AvgIpc) is 3.33. The molecule has 2 fully saturated rings. The summed E-state index contributed by atoms with van der Waals surface area (Å²) in [6.07, 6.45) is -3.00. The fraction of sp³-hybridized carbons (Fsp3) is 0.500. The third-order valence-corrected chi connectivity index (χ3v) is 11.7. The lowest BCUT2D eigenvalue weighted by Gasteiger charge is -2.56. The van der Waals surface area contributed by atoms with E-state index in [4.69, 9.17) is 0 Å². The number of hydrogen-bond donors (Lipinski definition) is 3. The minimum atomic E-state index is -5.90. The maximum Gasteiger partial charge on any atom is 0.456 e. The predicted molar refractivity (Wildman–Crippen MR) is 182 cm³/mol. The number of halogens is 5. The number of carbonyl (C=O) groups excluding carboxylic acids is 2. The van der Waals surface area contributed by atoms with Gasteiger partial charge >= 0.3 is 18.1 Å². The van der Waals surface area contributed by atoms with Crippen molar-refractivity contribution in [3.05, 3.63) is 88.0 Å². The summed E-state index contributed by atoms with van der Waals surface area (Å²) in [5.74, 6) is -0.695. The summed E-state index contributed by atoms with van der Waals surface area (Å²) < 4.78 is 72.0. The topological polar surface area (TPSA) is 78.4 Å². The molecular weight excluding hydrogens is 651 g/mol. The number of nitrogens with one attached hydrogen (secondary N) is 2. The second-order valence-electron chi connectivity index (χ2n) is 15.5. The molecule has 0 heterocycles. The molecule has 0 radical (unpaired) electrons. The molecule has 2 saturated carbocycles. The summed E-state index contributed by atoms with van der Waals surface area (Å²) >= 11 is 0. The molecule has 2 aromatic carbocycles. The fourth-order valence-electron chi connectivity index (χ4n) is 9.01. The van der Waals surface area contributed by atoms with Crippen molar-refractivity contribution in [3.8, 4) is 11.8 Å². The zero-order chi connectivity index (χ0) is 36.3. The van der Waals surface area contributed by atoms with Crippen LogP contribution in [0.2, 0.25) is 0 Å². The molecule has 0 aromatic heterocycles. The van der Waals surface area contributed by atoms with Gasteiger partial charge in [0, 0.05) is 29.0 Å². The molecule has 5 nitrogen and oxygen atoms in total. The van der Waals surface area contributed by atoms with Gasteiger partial charge in [0.25, 0.3) is 0 Å². The van der Waals surface area contributed by atoms with E-state index >= 15 is 8.78 Å². The Morgan fingerprint density at radius 2 is 1.64 bits per heavy atom. The molecule has 2 amide bonds. The molecule has 5 unspecified atom stereocenters.